The van der Waals surface area contributed by atoms with Crippen LogP contribution in [0.2, 0.25) is 5.02 Å². The SMILES string of the molecule is CC/C(=N/NC(=O)[C@@H]1CCS(=O)(=O)C1)c1ccc(Cl)cc1. The molecule has 1 N–H and O–H groups in total. The quantitative estimate of drug-likeness (QED) is 0.678. The van der Waals surface area contributed by atoms with Crippen molar-refractivity contribution in [3.63, 3.8) is 0 Å². The summed E-state index contributed by atoms with van der Waals surface area (Å²) in [6, 6.07) is 7.18. The molecule has 1 fully saturated rings. The number of amides is 1. The molecule has 0 aliphatic carbocycles. The maximum absolute atomic E-state index is 11.9. The number of halogens is 1. The highest BCUT2D eigenvalue weighted by Gasteiger charge is 2.32. The second-order valence-corrected chi connectivity index (χ2v) is 7.66. The van der Waals surface area contributed by atoms with Crippen LogP contribution in [-0.2, 0) is 14.6 Å². The van der Waals surface area contributed by atoms with Gasteiger partial charge in [-0.05, 0) is 30.5 Å². The molecule has 0 radical (unpaired) electrons. The van der Waals surface area contributed by atoms with Gasteiger partial charge in [0.1, 0.15) is 0 Å². The summed E-state index contributed by atoms with van der Waals surface area (Å²) in [4.78, 5) is 11.9. The largest absolute Gasteiger partial charge is 0.273 e. The van der Waals surface area contributed by atoms with Crippen LogP contribution in [0.15, 0.2) is 29.4 Å². The molecule has 2 rings (SSSR count). The Morgan fingerprint density at radius 3 is 2.57 bits per heavy atom. The summed E-state index contributed by atoms with van der Waals surface area (Å²) in [5.74, 6) is -0.846. The number of sulfone groups is 1. The van der Waals surface area contributed by atoms with E-state index < -0.39 is 15.8 Å². The van der Waals surface area contributed by atoms with E-state index in [9.17, 15) is 13.2 Å². The van der Waals surface area contributed by atoms with E-state index in [0.29, 0.717) is 17.9 Å². The monoisotopic (exact) mass is 328 g/mol. The second-order valence-electron chi connectivity index (χ2n) is 4.99. The first-order valence-corrected chi connectivity index (χ1v) is 8.94. The zero-order valence-electron chi connectivity index (χ0n) is 11.7. The van der Waals surface area contributed by atoms with Gasteiger partial charge in [0.25, 0.3) is 0 Å². The third kappa shape index (κ3) is 4.28. The van der Waals surface area contributed by atoms with Crippen molar-refractivity contribution >= 4 is 33.1 Å². The molecule has 1 saturated heterocycles. The van der Waals surface area contributed by atoms with Gasteiger partial charge in [-0.25, -0.2) is 13.8 Å². The van der Waals surface area contributed by atoms with E-state index >= 15 is 0 Å². The molecule has 1 aromatic carbocycles. The van der Waals surface area contributed by atoms with Crippen LogP contribution in [0, 0.1) is 5.92 Å². The molecule has 5 nitrogen and oxygen atoms in total. The molecule has 1 aromatic rings. The van der Waals surface area contributed by atoms with E-state index in [-0.39, 0.29) is 17.4 Å². The molecule has 21 heavy (non-hydrogen) atoms. The standard InChI is InChI=1S/C14H17ClN2O3S/c1-2-13(10-3-5-12(15)6-4-10)16-17-14(18)11-7-8-21(19,20)9-11/h3-6,11H,2,7-9H2,1H3,(H,17,18)/b16-13-/t11-/m1/s1. The van der Waals surface area contributed by atoms with Crippen molar-refractivity contribution in [2.75, 3.05) is 11.5 Å². The first kappa shape index (κ1) is 16.0. The summed E-state index contributed by atoms with van der Waals surface area (Å²) in [5.41, 5.74) is 4.08. The topological polar surface area (TPSA) is 75.6 Å². The summed E-state index contributed by atoms with van der Waals surface area (Å²) >= 11 is 5.83. The van der Waals surface area contributed by atoms with Gasteiger partial charge in [-0.3, -0.25) is 4.79 Å². The fourth-order valence-electron chi connectivity index (χ4n) is 2.21. The van der Waals surface area contributed by atoms with Gasteiger partial charge in [-0.1, -0.05) is 30.7 Å². The van der Waals surface area contributed by atoms with Gasteiger partial charge in [0, 0.05) is 5.02 Å². The van der Waals surface area contributed by atoms with Crippen molar-refractivity contribution < 1.29 is 13.2 Å². The Hall–Kier alpha value is -1.40. The van der Waals surface area contributed by atoms with Crippen molar-refractivity contribution in [1.82, 2.24) is 5.43 Å². The number of carbonyl (C=O) groups is 1. The summed E-state index contributed by atoms with van der Waals surface area (Å²) < 4.78 is 22.7. The number of benzene rings is 1. The van der Waals surface area contributed by atoms with Gasteiger partial charge in [0.15, 0.2) is 9.84 Å². The first-order chi connectivity index (χ1) is 9.91. The lowest BCUT2D eigenvalue weighted by atomic mass is 10.1. The third-order valence-corrected chi connectivity index (χ3v) is 5.44. The van der Waals surface area contributed by atoms with Crippen LogP contribution in [0.3, 0.4) is 0 Å². The Balaban J connectivity index is 2.04. The van der Waals surface area contributed by atoms with Crippen molar-refractivity contribution in [2.24, 2.45) is 11.0 Å². The Bertz CT molecular complexity index is 653. The molecule has 0 aromatic heterocycles. The smallest absolute Gasteiger partial charge is 0.244 e. The molecule has 1 aliphatic heterocycles. The molecular formula is C14H17ClN2O3S. The highest BCUT2D eigenvalue weighted by atomic mass is 35.5. The van der Waals surface area contributed by atoms with Gasteiger partial charge < -0.3 is 0 Å². The minimum atomic E-state index is -3.07. The molecule has 0 unspecified atom stereocenters. The molecule has 0 spiro atoms. The molecule has 0 saturated carbocycles. The Morgan fingerprint density at radius 1 is 1.38 bits per heavy atom. The van der Waals surface area contributed by atoms with Gasteiger partial charge in [0.05, 0.1) is 23.1 Å². The number of nitrogens with zero attached hydrogens (tertiary/aromatic N) is 1. The normalized spacial score (nSPS) is 21.2. The van der Waals surface area contributed by atoms with Crippen molar-refractivity contribution in [2.45, 2.75) is 19.8 Å². The summed E-state index contributed by atoms with van der Waals surface area (Å²) in [5, 5.41) is 4.75. The molecule has 114 valence electrons. The molecular weight excluding hydrogens is 312 g/mol. The van der Waals surface area contributed by atoms with Gasteiger partial charge in [-0.15, -0.1) is 0 Å². The minimum absolute atomic E-state index is 0.0760. The second kappa shape index (κ2) is 6.58. The highest BCUT2D eigenvalue weighted by molar-refractivity contribution is 7.91. The van der Waals surface area contributed by atoms with Crippen LogP contribution in [0.25, 0.3) is 0 Å². The lowest BCUT2D eigenvalue weighted by Gasteiger charge is -2.08. The van der Waals surface area contributed by atoms with E-state index in [2.05, 4.69) is 10.5 Å². The van der Waals surface area contributed by atoms with E-state index in [1.54, 1.807) is 12.1 Å². The summed E-state index contributed by atoms with van der Waals surface area (Å²) in [6.07, 6.45) is 1.01. The number of carbonyl (C=O) groups excluding carboxylic acids is 1. The highest BCUT2D eigenvalue weighted by Crippen LogP contribution is 2.18. The van der Waals surface area contributed by atoms with Crippen LogP contribution < -0.4 is 5.43 Å². The predicted octanol–water partition coefficient (Wildman–Crippen LogP) is 2.01. The maximum atomic E-state index is 11.9. The zero-order chi connectivity index (χ0) is 15.5. The molecule has 1 atom stereocenters. The number of hydrazone groups is 1. The fourth-order valence-corrected chi connectivity index (χ4v) is 4.07. The minimum Gasteiger partial charge on any atom is -0.273 e. The van der Waals surface area contributed by atoms with E-state index in [1.807, 2.05) is 19.1 Å². The Morgan fingerprint density at radius 2 is 2.05 bits per heavy atom. The zero-order valence-corrected chi connectivity index (χ0v) is 13.2. The average Bonchev–Trinajstić information content (AvgIpc) is 2.81. The van der Waals surface area contributed by atoms with Crippen molar-refractivity contribution in [1.29, 1.82) is 0 Å². The third-order valence-electron chi connectivity index (χ3n) is 3.42. The first-order valence-electron chi connectivity index (χ1n) is 6.74. The van der Waals surface area contributed by atoms with E-state index in [4.69, 9.17) is 11.6 Å². The average molecular weight is 329 g/mol. The van der Waals surface area contributed by atoms with Crippen molar-refractivity contribution in [3.8, 4) is 0 Å². The number of nitrogens with one attached hydrogen (secondary N) is 1. The molecule has 1 heterocycles. The Kier molecular flexibility index (Phi) is 5.00. The van der Waals surface area contributed by atoms with Crippen LogP contribution in [0.1, 0.15) is 25.3 Å². The maximum Gasteiger partial charge on any atom is 0.244 e. The van der Waals surface area contributed by atoms with Crippen molar-refractivity contribution in [3.05, 3.63) is 34.9 Å². The molecule has 7 heteroatoms. The van der Waals surface area contributed by atoms with Crippen LogP contribution in [0.4, 0.5) is 0 Å². The molecule has 0 bridgehead atoms. The number of hydrogen-bond donors (Lipinski definition) is 1. The molecule has 1 aliphatic rings. The predicted molar refractivity (Wildman–Crippen MR) is 83.2 cm³/mol. The summed E-state index contributed by atoms with van der Waals surface area (Å²) in [7, 11) is -3.07. The number of hydrogen-bond acceptors (Lipinski definition) is 4. The fraction of sp³-hybridized carbons (Fsp3) is 0.429. The Labute approximate surface area is 129 Å². The van der Waals surface area contributed by atoms with Crippen LogP contribution in [0.5, 0.6) is 0 Å². The van der Waals surface area contributed by atoms with Gasteiger partial charge in [-0.2, -0.15) is 5.10 Å². The van der Waals surface area contributed by atoms with Gasteiger partial charge >= 0.3 is 0 Å². The summed E-state index contributed by atoms with van der Waals surface area (Å²) in [6.45, 7) is 1.93. The van der Waals surface area contributed by atoms with Crippen LogP contribution in [-0.4, -0.2) is 31.5 Å². The van der Waals surface area contributed by atoms with E-state index in [1.165, 1.54) is 0 Å². The van der Waals surface area contributed by atoms with E-state index in [0.717, 1.165) is 11.3 Å². The van der Waals surface area contributed by atoms with Gasteiger partial charge in [0.2, 0.25) is 5.91 Å². The molecule has 1 amide bonds. The lowest BCUT2D eigenvalue weighted by Crippen LogP contribution is -2.28. The number of rotatable bonds is 4. The van der Waals surface area contributed by atoms with Crippen LogP contribution >= 0.6 is 11.6 Å². The lowest BCUT2D eigenvalue weighted by molar-refractivity contribution is -0.124.